The molecule has 0 aromatic heterocycles. The van der Waals surface area contributed by atoms with Crippen LogP contribution in [0.4, 0.5) is 0 Å². The van der Waals surface area contributed by atoms with Gasteiger partial charge in [0, 0.05) is 0 Å². The Morgan fingerprint density at radius 1 is 1.54 bits per heavy atom. The summed E-state index contributed by atoms with van der Waals surface area (Å²) in [4.78, 5) is 10.7. The maximum Gasteiger partial charge on any atom is 0.416 e. The predicted molar refractivity (Wildman–Crippen MR) is 47.1 cm³/mol. The molecule has 0 aliphatic rings. The van der Waals surface area contributed by atoms with Crippen LogP contribution in [0.3, 0.4) is 0 Å². The molecule has 1 aromatic rings. The molecule has 0 radical (unpaired) electrons. The lowest BCUT2D eigenvalue weighted by atomic mass is 10.1. The third-order valence-corrected chi connectivity index (χ3v) is 1.65. The van der Waals surface area contributed by atoms with Gasteiger partial charge in [-0.15, -0.1) is 0 Å². The Hall–Kier alpha value is -1.82. The normalized spacial score (nSPS) is 8.92. The van der Waals surface area contributed by atoms with Crippen molar-refractivity contribution in [3.8, 4) is 11.8 Å². The van der Waals surface area contributed by atoms with Gasteiger partial charge in [0.05, 0.1) is 0 Å². The van der Waals surface area contributed by atoms with Gasteiger partial charge in [0.25, 0.3) is 0 Å². The van der Waals surface area contributed by atoms with Gasteiger partial charge in [-0.05, 0) is 18.1 Å². The molecule has 0 spiro atoms. The van der Waals surface area contributed by atoms with Crippen molar-refractivity contribution in [2.75, 3.05) is 0 Å². The molecule has 0 saturated carbocycles. The number of para-hydroxylation sites is 1. The summed E-state index contributed by atoms with van der Waals surface area (Å²) in [5.41, 5.74) is 0.922. The number of carbonyl (C=O) groups excluding carboxylic acids is 1. The summed E-state index contributed by atoms with van der Waals surface area (Å²) in [6, 6.07) is 8.57. The highest BCUT2D eigenvalue weighted by molar-refractivity contribution is 5.87. The molecule has 3 nitrogen and oxygen atoms in total. The summed E-state index contributed by atoms with van der Waals surface area (Å²) in [5.74, 6) is -0.405. The van der Waals surface area contributed by atoms with Crippen molar-refractivity contribution in [3.63, 3.8) is 0 Å². The Morgan fingerprint density at radius 3 is 2.85 bits per heavy atom. The summed E-state index contributed by atoms with van der Waals surface area (Å²) in [6.07, 6.45) is 0.773. The fourth-order valence-corrected chi connectivity index (χ4v) is 1.02. The van der Waals surface area contributed by atoms with Gasteiger partial charge in [-0.3, -0.25) is 0 Å². The van der Waals surface area contributed by atoms with Crippen LogP contribution in [0.1, 0.15) is 12.5 Å². The van der Waals surface area contributed by atoms with Gasteiger partial charge >= 0.3 is 5.97 Å². The van der Waals surface area contributed by atoms with E-state index < -0.39 is 5.97 Å². The first-order valence-corrected chi connectivity index (χ1v) is 3.97. The molecular weight excluding hydrogens is 166 g/mol. The van der Waals surface area contributed by atoms with Crippen LogP contribution in [0.25, 0.3) is 0 Å². The molecule has 0 unspecified atom stereocenters. The lowest BCUT2D eigenvalue weighted by molar-refractivity contribution is -0.128. The summed E-state index contributed by atoms with van der Waals surface area (Å²) >= 11 is 0. The third kappa shape index (κ3) is 2.31. The molecule has 0 N–H and O–H groups in total. The van der Waals surface area contributed by atoms with E-state index in [-0.39, 0.29) is 0 Å². The Morgan fingerprint density at radius 2 is 2.23 bits per heavy atom. The van der Waals surface area contributed by atoms with Gasteiger partial charge in [-0.25, -0.2) is 4.79 Å². The molecule has 0 heterocycles. The fraction of sp³-hybridized carbons (Fsp3) is 0.200. The second-order valence-corrected chi connectivity index (χ2v) is 2.46. The van der Waals surface area contributed by atoms with Crippen LogP contribution in [-0.2, 0) is 11.2 Å². The molecule has 0 aliphatic carbocycles. The number of nitriles is 1. The van der Waals surface area contributed by atoms with E-state index in [1.807, 2.05) is 19.1 Å². The predicted octanol–water partition coefficient (Wildman–Crippen LogP) is 1.68. The molecule has 0 bridgehead atoms. The van der Waals surface area contributed by atoms with Crippen LogP contribution in [0.15, 0.2) is 24.3 Å². The first-order chi connectivity index (χ1) is 6.27. The average molecular weight is 175 g/mol. The molecule has 13 heavy (non-hydrogen) atoms. The molecule has 0 aliphatic heterocycles. The van der Waals surface area contributed by atoms with E-state index in [9.17, 15) is 4.79 Å². The van der Waals surface area contributed by atoms with Gasteiger partial charge in [-0.2, -0.15) is 5.26 Å². The average Bonchev–Trinajstić information content (AvgIpc) is 2.18. The van der Waals surface area contributed by atoms with Gasteiger partial charge in [0.15, 0.2) is 6.07 Å². The highest BCUT2D eigenvalue weighted by Gasteiger charge is 2.05. The van der Waals surface area contributed by atoms with Crippen molar-refractivity contribution >= 4 is 5.97 Å². The molecule has 0 fully saturated rings. The van der Waals surface area contributed by atoms with E-state index in [2.05, 4.69) is 0 Å². The molecule has 0 saturated heterocycles. The smallest absolute Gasteiger partial charge is 0.415 e. The van der Waals surface area contributed by atoms with Crippen molar-refractivity contribution in [2.24, 2.45) is 0 Å². The van der Waals surface area contributed by atoms with Crippen molar-refractivity contribution in [2.45, 2.75) is 13.3 Å². The minimum absolute atomic E-state index is 0.469. The summed E-state index contributed by atoms with van der Waals surface area (Å²) in [6.45, 7) is 1.96. The number of rotatable bonds is 2. The second kappa shape index (κ2) is 4.27. The number of hydrogen-bond acceptors (Lipinski definition) is 3. The van der Waals surface area contributed by atoms with Crippen molar-refractivity contribution < 1.29 is 9.53 Å². The zero-order chi connectivity index (χ0) is 9.68. The minimum Gasteiger partial charge on any atom is -0.415 e. The highest BCUT2D eigenvalue weighted by atomic mass is 16.5. The number of carbonyl (C=O) groups is 1. The minimum atomic E-state index is -0.874. The number of ether oxygens (including phenoxy) is 1. The van der Waals surface area contributed by atoms with Crippen LogP contribution in [0.2, 0.25) is 0 Å². The summed E-state index contributed by atoms with van der Waals surface area (Å²) < 4.78 is 4.79. The second-order valence-electron chi connectivity index (χ2n) is 2.46. The quantitative estimate of drug-likeness (QED) is 0.390. The largest absolute Gasteiger partial charge is 0.416 e. The number of nitrogens with zero attached hydrogens (tertiary/aromatic N) is 1. The number of aryl methyl sites for hydroxylation is 1. The molecule has 0 atom stereocenters. The topological polar surface area (TPSA) is 50.1 Å². The maximum atomic E-state index is 10.7. The van der Waals surface area contributed by atoms with Crippen LogP contribution in [-0.4, -0.2) is 5.97 Å². The highest BCUT2D eigenvalue weighted by Crippen LogP contribution is 2.17. The number of hydrogen-bond donors (Lipinski definition) is 0. The molecule has 66 valence electrons. The standard InChI is InChI=1S/C10H9NO2/c1-2-8-5-3-4-6-9(8)13-10(12)7-11/h3-6H,2H2,1H3. The molecule has 0 amide bonds. The van der Waals surface area contributed by atoms with E-state index in [1.165, 1.54) is 6.07 Å². The Labute approximate surface area is 76.6 Å². The summed E-state index contributed by atoms with van der Waals surface area (Å²) in [7, 11) is 0. The van der Waals surface area contributed by atoms with Crippen molar-refractivity contribution in [1.29, 1.82) is 5.26 Å². The van der Waals surface area contributed by atoms with Crippen LogP contribution in [0.5, 0.6) is 5.75 Å². The number of esters is 1. The Kier molecular flexibility index (Phi) is 3.04. The van der Waals surface area contributed by atoms with Crippen molar-refractivity contribution in [3.05, 3.63) is 29.8 Å². The first-order valence-electron chi connectivity index (χ1n) is 3.97. The summed E-state index contributed by atoms with van der Waals surface area (Å²) in [5, 5.41) is 8.24. The molecule has 3 heteroatoms. The Balaban J connectivity index is 2.88. The van der Waals surface area contributed by atoms with E-state index in [1.54, 1.807) is 12.1 Å². The monoisotopic (exact) mass is 175 g/mol. The van der Waals surface area contributed by atoms with Crippen LogP contribution < -0.4 is 4.74 Å². The SMILES string of the molecule is CCc1ccccc1OC(=O)C#N. The molecular formula is C10H9NO2. The Bertz CT molecular complexity index is 352. The van der Waals surface area contributed by atoms with E-state index >= 15 is 0 Å². The molecule has 1 aromatic carbocycles. The fourth-order valence-electron chi connectivity index (χ4n) is 1.02. The maximum absolute atomic E-state index is 10.7. The van der Waals surface area contributed by atoms with E-state index in [0.717, 1.165) is 12.0 Å². The van der Waals surface area contributed by atoms with Gasteiger partial charge in [0.2, 0.25) is 0 Å². The van der Waals surface area contributed by atoms with Crippen molar-refractivity contribution in [1.82, 2.24) is 0 Å². The van der Waals surface area contributed by atoms with E-state index in [0.29, 0.717) is 5.75 Å². The zero-order valence-electron chi connectivity index (χ0n) is 7.28. The van der Waals surface area contributed by atoms with Crippen LogP contribution >= 0.6 is 0 Å². The lowest BCUT2D eigenvalue weighted by Crippen LogP contribution is -2.05. The van der Waals surface area contributed by atoms with Gasteiger partial charge < -0.3 is 4.74 Å². The lowest BCUT2D eigenvalue weighted by Gasteiger charge is -2.04. The van der Waals surface area contributed by atoms with Crippen LogP contribution in [0, 0.1) is 11.3 Å². The zero-order valence-corrected chi connectivity index (χ0v) is 7.28. The molecule has 1 rings (SSSR count). The van der Waals surface area contributed by atoms with Gasteiger partial charge in [-0.1, -0.05) is 25.1 Å². The first kappa shape index (κ1) is 9.27. The van der Waals surface area contributed by atoms with Gasteiger partial charge in [0.1, 0.15) is 5.75 Å². The number of benzene rings is 1. The van der Waals surface area contributed by atoms with E-state index in [4.69, 9.17) is 10.00 Å². The third-order valence-electron chi connectivity index (χ3n) is 1.65.